The summed E-state index contributed by atoms with van der Waals surface area (Å²) in [5.74, 6) is -0.177. The van der Waals surface area contributed by atoms with Crippen molar-refractivity contribution in [2.45, 2.75) is 13.0 Å². The van der Waals surface area contributed by atoms with Gasteiger partial charge in [0.25, 0.3) is 0 Å². The van der Waals surface area contributed by atoms with Crippen LogP contribution < -0.4 is 4.90 Å². The predicted octanol–water partition coefficient (Wildman–Crippen LogP) is 0.620. The number of carbonyl (C=O) groups is 1. The summed E-state index contributed by atoms with van der Waals surface area (Å²) in [4.78, 5) is 19.5. The van der Waals surface area contributed by atoms with Crippen molar-refractivity contribution < 1.29 is 9.90 Å². The van der Waals surface area contributed by atoms with Gasteiger partial charge in [-0.25, -0.2) is 4.98 Å². The fourth-order valence-corrected chi connectivity index (χ4v) is 2.47. The molecule has 2 aromatic rings. The summed E-state index contributed by atoms with van der Waals surface area (Å²) in [5, 5.41) is 17.4. The largest absolute Gasteiger partial charge is 0.480 e. The number of hydrogen-bond donors (Lipinski definition) is 1. The summed E-state index contributed by atoms with van der Waals surface area (Å²) in [5.41, 5.74) is 1.60. The highest BCUT2D eigenvalue weighted by Crippen LogP contribution is 2.15. The van der Waals surface area contributed by atoms with Crippen molar-refractivity contribution in [1.82, 2.24) is 20.1 Å². The maximum absolute atomic E-state index is 11.0. The highest BCUT2D eigenvalue weighted by Gasteiger charge is 2.26. The van der Waals surface area contributed by atoms with Gasteiger partial charge in [-0.3, -0.25) is 9.69 Å². The molecule has 3 rings (SSSR count). The van der Waals surface area contributed by atoms with Crippen LogP contribution >= 0.6 is 0 Å². The lowest BCUT2D eigenvalue weighted by atomic mass is 10.2. The molecule has 7 heteroatoms. The number of carboxylic acid groups (broad SMARTS) is 1. The van der Waals surface area contributed by atoms with Crippen LogP contribution in [0.3, 0.4) is 0 Å². The third kappa shape index (κ3) is 2.78. The molecule has 1 atom stereocenters. The monoisotopic (exact) mass is 287 g/mol. The summed E-state index contributed by atoms with van der Waals surface area (Å²) in [6.07, 6.45) is 0. The summed E-state index contributed by atoms with van der Waals surface area (Å²) < 4.78 is 0. The number of nitrogens with zero attached hydrogens (tertiary/aromatic N) is 5. The molecule has 0 aliphatic carbocycles. The van der Waals surface area contributed by atoms with Gasteiger partial charge < -0.3 is 10.0 Å². The van der Waals surface area contributed by atoms with Crippen LogP contribution in [0.25, 0.3) is 11.0 Å². The number of aliphatic carboxylic acids is 1. The van der Waals surface area contributed by atoms with Gasteiger partial charge in [0.15, 0.2) is 0 Å². The standard InChI is InChI=1S/C14H17N5O2/c1-10(13(20)21)18-6-8-19(9-7-18)14-15-11-4-2-3-5-12(11)16-17-14/h2-5,10H,6-9H2,1H3,(H,20,21). The van der Waals surface area contributed by atoms with Crippen molar-refractivity contribution in [2.24, 2.45) is 0 Å². The van der Waals surface area contributed by atoms with Crippen LogP contribution in [0.15, 0.2) is 24.3 Å². The molecule has 2 heterocycles. The zero-order valence-electron chi connectivity index (χ0n) is 11.8. The van der Waals surface area contributed by atoms with E-state index in [4.69, 9.17) is 5.11 Å². The van der Waals surface area contributed by atoms with E-state index in [1.165, 1.54) is 0 Å². The number of aromatic nitrogens is 3. The number of piperazine rings is 1. The molecule has 1 unspecified atom stereocenters. The van der Waals surface area contributed by atoms with Crippen LogP contribution in [-0.4, -0.2) is 63.4 Å². The molecular formula is C14H17N5O2. The molecule has 0 bridgehead atoms. The number of fused-ring (bicyclic) bond motifs is 1. The number of hydrogen-bond acceptors (Lipinski definition) is 6. The van der Waals surface area contributed by atoms with E-state index in [1.54, 1.807) is 6.92 Å². The van der Waals surface area contributed by atoms with E-state index in [9.17, 15) is 4.79 Å². The van der Waals surface area contributed by atoms with Crippen molar-refractivity contribution in [3.05, 3.63) is 24.3 Å². The first-order chi connectivity index (χ1) is 10.1. The van der Waals surface area contributed by atoms with Gasteiger partial charge in [-0.2, -0.15) is 0 Å². The van der Waals surface area contributed by atoms with Crippen LogP contribution in [0.4, 0.5) is 5.95 Å². The van der Waals surface area contributed by atoms with Gasteiger partial charge in [-0.1, -0.05) is 12.1 Å². The van der Waals surface area contributed by atoms with Gasteiger partial charge >= 0.3 is 5.97 Å². The Morgan fingerprint density at radius 3 is 2.48 bits per heavy atom. The highest BCUT2D eigenvalue weighted by atomic mass is 16.4. The van der Waals surface area contributed by atoms with Gasteiger partial charge in [0.05, 0.1) is 5.52 Å². The SMILES string of the molecule is CC(C(=O)O)N1CCN(c2nnc3ccccc3n2)CC1. The second kappa shape index (κ2) is 5.61. The Morgan fingerprint density at radius 2 is 1.81 bits per heavy atom. The Balaban J connectivity index is 1.72. The molecule has 0 saturated carbocycles. The van der Waals surface area contributed by atoms with Crippen LogP contribution in [0.2, 0.25) is 0 Å². The Kier molecular flexibility index (Phi) is 3.66. The molecule has 110 valence electrons. The summed E-state index contributed by atoms with van der Waals surface area (Å²) in [6.45, 7) is 4.49. The zero-order chi connectivity index (χ0) is 14.8. The number of benzene rings is 1. The molecule has 1 aromatic carbocycles. The van der Waals surface area contributed by atoms with E-state index in [1.807, 2.05) is 34.1 Å². The summed E-state index contributed by atoms with van der Waals surface area (Å²) >= 11 is 0. The van der Waals surface area contributed by atoms with Crippen LogP contribution in [-0.2, 0) is 4.79 Å². The van der Waals surface area contributed by atoms with E-state index >= 15 is 0 Å². The molecule has 21 heavy (non-hydrogen) atoms. The maximum Gasteiger partial charge on any atom is 0.320 e. The Labute approximate surface area is 122 Å². The molecule has 0 spiro atoms. The molecule has 1 fully saturated rings. The lowest BCUT2D eigenvalue weighted by Gasteiger charge is -2.36. The van der Waals surface area contributed by atoms with Crippen molar-refractivity contribution in [2.75, 3.05) is 31.1 Å². The quantitative estimate of drug-likeness (QED) is 0.886. The van der Waals surface area contributed by atoms with E-state index < -0.39 is 12.0 Å². The topological polar surface area (TPSA) is 82.5 Å². The third-order valence-electron chi connectivity index (χ3n) is 3.85. The smallest absolute Gasteiger partial charge is 0.320 e. The first-order valence-electron chi connectivity index (χ1n) is 6.96. The Bertz CT molecular complexity index is 655. The predicted molar refractivity (Wildman–Crippen MR) is 78.2 cm³/mol. The van der Waals surface area contributed by atoms with Crippen molar-refractivity contribution in [3.8, 4) is 0 Å². The van der Waals surface area contributed by atoms with Gasteiger partial charge in [-0.15, -0.1) is 10.2 Å². The van der Waals surface area contributed by atoms with Crippen molar-refractivity contribution in [3.63, 3.8) is 0 Å². The van der Waals surface area contributed by atoms with Crippen LogP contribution in [0.1, 0.15) is 6.92 Å². The normalized spacial score (nSPS) is 17.9. The number of carboxylic acids is 1. The second-order valence-corrected chi connectivity index (χ2v) is 5.14. The summed E-state index contributed by atoms with van der Waals surface area (Å²) in [7, 11) is 0. The number of para-hydroxylation sites is 1. The van der Waals surface area contributed by atoms with Crippen LogP contribution in [0.5, 0.6) is 0 Å². The first kappa shape index (κ1) is 13.7. The lowest BCUT2D eigenvalue weighted by molar-refractivity contribution is -0.142. The Morgan fingerprint density at radius 1 is 1.14 bits per heavy atom. The van der Waals surface area contributed by atoms with Crippen molar-refractivity contribution in [1.29, 1.82) is 0 Å². The van der Waals surface area contributed by atoms with Gasteiger partial charge in [-0.05, 0) is 19.1 Å². The van der Waals surface area contributed by atoms with Gasteiger partial charge in [0.2, 0.25) is 5.95 Å². The highest BCUT2D eigenvalue weighted by molar-refractivity contribution is 5.74. The Hall–Kier alpha value is -2.28. The average molecular weight is 287 g/mol. The molecule has 7 nitrogen and oxygen atoms in total. The van der Waals surface area contributed by atoms with Gasteiger partial charge in [0, 0.05) is 26.2 Å². The number of anilines is 1. The molecule has 1 N–H and O–H groups in total. The van der Waals surface area contributed by atoms with E-state index in [2.05, 4.69) is 15.2 Å². The maximum atomic E-state index is 11.0. The second-order valence-electron chi connectivity index (χ2n) is 5.14. The molecule has 1 aliphatic rings. The molecule has 0 radical (unpaired) electrons. The molecule has 1 saturated heterocycles. The zero-order valence-corrected chi connectivity index (χ0v) is 11.8. The minimum absolute atomic E-state index is 0.456. The minimum atomic E-state index is -0.785. The fourth-order valence-electron chi connectivity index (χ4n) is 2.47. The van der Waals surface area contributed by atoms with E-state index in [0.717, 1.165) is 11.0 Å². The minimum Gasteiger partial charge on any atom is -0.480 e. The van der Waals surface area contributed by atoms with E-state index in [0.29, 0.717) is 32.1 Å². The molecular weight excluding hydrogens is 270 g/mol. The molecule has 0 amide bonds. The summed E-state index contributed by atoms with van der Waals surface area (Å²) in [6, 6.07) is 7.17. The third-order valence-corrected chi connectivity index (χ3v) is 3.85. The van der Waals surface area contributed by atoms with Crippen LogP contribution in [0, 0.1) is 0 Å². The first-order valence-corrected chi connectivity index (χ1v) is 6.96. The lowest BCUT2D eigenvalue weighted by Crippen LogP contribution is -2.52. The fraction of sp³-hybridized carbons (Fsp3) is 0.429. The van der Waals surface area contributed by atoms with Crippen molar-refractivity contribution >= 4 is 23.0 Å². The number of rotatable bonds is 3. The molecule has 1 aliphatic heterocycles. The average Bonchev–Trinajstić information content (AvgIpc) is 2.54. The van der Waals surface area contributed by atoms with Gasteiger partial charge in [0.1, 0.15) is 11.6 Å². The molecule has 1 aromatic heterocycles. The van der Waals surface area contributed by atoms with E-state index in [-0.39, 0.29) is 0 Å².